The molecule has 482 valence electrons. The van der Waals surface area contributed by atoms with Crippen molar-refractivity contribution >= 4 is 11.7 Å². The predicted octanol–water partition coefficient (Wildman–Crippen LogP) is -1.41. The highest BCUT2D eigenvalue weighted by Crippen LogP contribution is 2.36. The predicted molar refractivity (Wildman–Crippen MR) is 299 cm³/mol. The minimum Gasteiger partial charge on any atom is -0.507 e. The maximum atomic E-state index is 12.3. The first-order valence-electron chi connectivity index (χ1n) is 29.7. The quantitative estimate of drug-likeness (QED) is 0.0145. The van der Waals surface area contributed by atoms with Crippen LogP contribution in [0.3, 0.4) is 0 Å². The van der Waals surface area contributed by atoms with E-state index < -0.39 is 183 Å². The first kappa shape index (κ1) is 75.7. The van der Waals surface area contributed by atoms with E-state index in [2.05, 4.69) is 6.92 Å². The van der Waals surface area contributed by atoms with Crippen LogP contribution in [0, 0.1) is 29.6 Å². The number of Topliss-reactive ketones (excluding diaryl/α,β-unsaturated/α-hetero) is 1. The zero-order valence-electron chi connectivity index (χ0n) is 49.5. The van der Waals surface area contributed by atoms with Crippen molar-refractivity contribution < 1.29 is 116 Å². The highest BCUT2D eigenvalue weighted by Gasteiger charge is 2.54. The van der Waals surface area contributed by atoms with Crippen molar-refractivity contribution in [3.05, 3.63) is 23.0 Å². The number of rotatable bonds is 40. The molecule has 0 bridgehead atoms. The number of ketones is 1. The lowest BCUT2D eigenvalue weighted by Gasteiger charge is -2.47. The molecule has 2 rings (SSSR count). The van der Waals surface area contributed by atoms with Crippen molar-refractivity contribution in [2.45, 2.75) is 286 Å². The topological polar surface area (TPSA) is 451 Å². The first-order valence-corrected chi connectivity index (χ1v) is 29.7. The SMILES string of the molecule is CCCCCCCCCCC(O)C[C@]1(O)OC(CC(O)C(O)C(O)C(O)C(O)CC(O)CC(O)CC(O)CC(O)C(C)C(O)C(C)C(O)CC(O)C(C)C(O)C(O)CC(C)CC(C)/C=C(C)/C(O)=C2/C(=O)CN(C)C2=O)[C@@H](O)[C@H](O)[C@@H]1O. The summed E-state index contributed by atoms with van der Waals surface area (Å²) in [4.78, 5) is 25.8. The number of aliphatic hydroxyl groups excluding tert-OH is 19. The number of aliphatic hydroxyl groups is 20. The largest absolute Gasteiger partial charge is 0.507 e. The molecule has 2 fully saturated rings. The van der Waals surface area contributed by atoms with Crippen molar-refractivity contribution in [2.75, 3.05) is 13.6 Å². The Balaban J connectivity index is 1.83. The van der Waals surface area contributed by atoms with Crippen LogP contribution in [0.25, 0.3) is 0 Å². The van der Waals surface area contributed by atoms with E-state index in [9.17, 15) is 112 Å². The van der Waals surface area contributed by atoms with Crippen LogP contribution in [0.4, 0.5) is 0 Å². The molecular weight excluding hydrogens is 1080 g/mol. The van der Waals surface area contributed by atoms with Gasteiger partial charge in [0.2, 0.25) is 0 Å². The number of hydrogen-bond donors (Lipinski definition) is 20. The summed E-state index contributed by atoms with van der Waals surface area (Å²) in [7, 11) is 1.46. The Bertz CT molecular complexity index is 1920. The van der Waals surface area contributed by atoms with Gasteiger partial charge in [-0.2, -0.15) is 0 Å². The van der Waals surface area contributed by atoms with E-state index in [4.69, 9.17) is 4.74 Å². The molecule has 2 aliphatic rings. The molecular formula is C58H107NO23. The maximum Gasteiger partial charge on any atom is 0.261 e. The molecule has 2 saturated heterocycles. The third kappa shape index (κ3) is 23.4. The fourth-order valence-electron chi connectivity index (χ4n) is 11.4. The van der Waals surface area contributed by atoms with Crippen LogP contribution in [-0.2, 0) is 14.3 Å². The smallest absolute Gasteiger partial charge is 0.261 e. The molecule has 0 aromatic rings. The zero-order chi connectivity index (χ0) is 62.7. The summed E-state index contributed by atoms with van der Waals surface area (Å²) < 4.78 is 5.50. The molecule has 0 aliphatic carbocycles. The number of carbonyl (C=O) groups is 2. The van der Waals surface area contributed by atoms with Gasteiger partial charge in [-0.3, -0.25) is 9.59 Å². The van der Waals surface area contributed by atoms with Gasteiger partial charge in [-0.1, -0.05) is 99.0 Å². The second kappa shape index (κ2) is 36.1. The van der Waals surface area contributed by atoms with Crippen LogP contribution in [0.1, 0.15) is 164 Å². The van der Waals surface area contributed by atoms with Crippen LogP contribution >= 0.6 is 0 Å². The van der Waals surface area contributed by atoms with Gasteiger partial charge in [-0.05, 0) is 69.3 Å². The lowest BCUT2D eigenvalue weighted by Crippen LogP contribution is -2.65. The molecule has 1 amide bonds. The fraction of sp³-hybridized carbons (Fsp3) is 0.897. The molecule has 82 heavy (non-hydrogen) atoms. The summed E-state index contributed by atoms with van der Waals surface area (Å²) in [6, 6.07) is 0. The molecule has 24 nitrogen and oxygen atoms in total. The Kier molecular flexibility index (Phi) is 33.3. The van der Waals surface area contributed by atoms with Crippen molar-refractivity contribution in [2.24, 2.45) is 29.6 Å². The van der Waals surface area contributed by atoms with E-state index in [1.54, 1.807) is 13.0 Å². The van der Waals surface area contributed by atoms with E-state index in [-0.39, 0.29) is 55.4 Å². The molecule has 25 atom stereocenters. The molecule has 0 radical (unpaired) electrons. The van der Waals surface area contributed by atoms with Crippen molar-refractivity contribution in [1.29, 1.82) is 0 Å². The molecule has 0 aromatic carbocycles. The van der Waals surface area contributed by atoms with Gasteiger partial charge in [0.1, 0.15) is 48.0 Å². The minimum atomic E-state index is -2.59. The summed E-state index contributed by atoms with van der Waals surface area (Å²) in [6.45, 7) is 11.7. The van der Waals surface area contributed by atoms with Gasteiger partial charge in [0.15, 0.2) is 11.6 Å². The highest BCUT2D eigenvalue weighted by molar-refractivity contribution is 6.25. The third-order valence-electron chi connectivity index (χ3n) is 17.0. The monoisotopic (exact) mass is 1190 g/mol. The normalized spacial score (nSPS) is 28.3. The number of unbranched alkanes of at least 4 members (excludes halogenated alkanes) is 7. The average Bonchev–Trinajstić information content (AvgIpc) is 3.84. The Morgan fingerprint density at radius 1 is 0.573 bits per heavy atom. The Morgan fingerprint density at radius 2 is 1.04 bits per heavy atom. The van der Waals surface area contributed by atoms with Crippen LogP contribution in [-0.4, -0.2) is 254 Å². The number of likely N-dealkylation sites (N-methyl/N-ethyl adjacent to an activating group) is 1. The lowest BCUT2D eigenvalue weighted by atomic mass is 9.80. The van der Waals surface area contributed by atoms with Gasteiger partial charge >= 0.3 is 0 Å². The molecule has 0 saturated carbocycles. The number of likely N-dealkylation sites (tertiary alicyclic amines) is 1. The van der Waals surface area contributed by atoms with Crippen LogP contribution < -0.4 is 0 Å². The first-order chi connectivity index (χ1) is 38.1. The molecule has 2 heterocycles. The summed E-state index contributed by atoms with van der Waals surface area (Å²) in [6.07, 6.45) is -25.5. The van der Waals surface area contributed by atoms with E-state index in [1.165, 1.54) is 39.1 Å². The van der Waals surface area contributed by atoms with Gasteiger partial charge in [0.25, 0.3) is 5.91 Å². The zero-order valence-corrected chi connectivity index (χ0v) is 49.5. The van der Waals surface area contributed by atoms with E-state index >= 15 is 0 Å². The van der Waals surface area contributed by atoms with E-state index in [0.717, 1.165) is 38.5 Å². The van der Waals surface area contributed by atoms with Crippen LogP contribution in [0.5, 0.6) is 0 Å². The second-order valence-electron chi connectivity index (χ2n) is 24.6. The van der Waals surface area contributed by atoms with Crippen LogP contribution in [0.15, 0.2) is 23.0 Å². The average molecular weight is 1190 g/mol. The number of ether oxygens (including phenoxy) is 1. The third-order valence-corrected chi connectivity index (χ3v) is 17.0. The van der Waals surface area contributed by atoms with Crippen molar-refractivity contribution in [3.63, 3.8) is 0 Å². The van der Waals surface area contributed by atoms with Crippen molar-refractivity contribution in [1.82, 2.24) is 4.90 Å². The number of hydrogen-bond acceptors (Lipinski definition) is 23. The molecule has 20 N–H and O–H groups in total. The molecule has 0 aromatic heterocycles. The van der Waals surface area contributed by atoms with Gasteiger partial charge in [0.05, 0.1) is 85.9 Å². The molecule has 0 spiro atoms. The summed E-state index contributed by atoms with van der Waals surface area (Å²) >= 11 is 0. The minimum absolute atomic E-state index is 0.120. The Labute approximate surface area is 483 Å². The highest BCUT2D eigenvalue weighted by atomic mass is 16.7. The molecule has 21 unspecified atom stereocenters. The van der Waals surface area contributed by atoms with Gasteiger partial charge < -0.3 is 112 Å². The second-order valence-corrected chi connectivity index (χ2v) is 24.6. The van der Waals surface area contributed by atoms with Gasteiger partial charge in [0, 0.05) is 44.1 Å². The number of amides is 1. The number of carbonyl (C=O) groups excluding carboxylic acids is 2. The molecule has 2 aliphatic heterocycles. The number of nitrogens with zero attached hydrogens (tertiary/aromatic N) is 1. The van der Waals surface area contributed by atoms with Crippen LogP contribution in [0.2, 0.25) is 0 Å². The summed E-state index contributed by atoms with van der Waals surface area (Å²) in [5.74, 6) is -7.23. The van der Waals surface area contributed by atoms with Crippen molar-refractivity contribution in [3.8, 4) is 0 Å². The van der Waals surface area contributed by atoms with Gasteiger partial charge in [-0.15, -0.1) is 0 Å². The van der Waals surface area contributed by atoms with E-state index in [0.29, 0.717) is 18.4 Å². The van der Waals surface area contributed by atoms with Gasteiger partial charge in [-0.25, -0.2) is 0 Å². The maximum absolute atomic E-state index is 12.3. The Hall–Kier alpha value is -2.38. The summed E-state index contributed by atoms with van der Waals surface area (Å²) in [5.41, 5.74) is 0.0812. The fourth-order valence-corrected chi connectivity index (χ4v) is 11.4. The summed E-state index contributed by atoms with van der Waals surface area (Å²) in [5, 5.41) is 216. The number of allylic oxidation sites excluding steroid dienone is 2. The lowest BCUT2D eigenvalue weighted by molar-refractivity contribution is -0.356. The molecule has 24 heteroatoms. The standard InChI is InChI=1S/C58H107NO23/c1-9-10-11-12-13-14-15-16-17-35(60)27-58(81)56(79)55(78)53(76)46(82-58)26-44(69)52(75)54(77)51(74)43(68)24-38(63)22-36(61)21-37(62)23-39(64)32(5)49(72)33(6)40(65)25-41(66)34(7)50(73)42(67)20-30(3)18-29(2)19-31(4)48(71)47-45(70)28-59(8)57(47)80/h19,29-30,32-44,46,49-56,60-69,71-79,81H,9-18,20-28H2,1-8H3/b31-19+,48-47+/t29?,30?,32?,33?,34?,35?,36?,37?,38?,39?,40?,41?,42?,43?,44?,46?,49?,50?,51?,52?,53-,54?,55+,56+,58+/m1/s1. The Morgan fingerprint density at radius 3 is 1.56 bits per heavy atom. The van der Waals surface area contributed by atoms with E-state index in [1.807, 2.05) is 13.8 Å².